The average molecular weight is 382 g/mol. The highest BCUT2D eigenvalue weighted by atomic mass is 19.1. The van der Waals surface area contributed by atoms with Gasteiger partial charge in [-0.2, -0.15) is 5.10 Å². The molecule has 144 valence electrons. The van der Waals surface area contributed by atoms with Crippen molar-refractivity contribution < 1.29 is 14.1 Å². The van der Waals surface area contributed by atoms with Crippen molar-refractivity contribution in [2.24, 2.45) is 0 Å². The molecule has 0 saturated carbocycles. The van der Waals surface area contributed by atoms with E-state index < -0.39 is 16.8 Å². The molecule has 0 aliphatic heterocycles. The van der Waals surface area contributed by atoms with E-state index in [4.69, 9.17) is 0 Å². The molecular weight excluding hydrogens is 363 g/mol. The molecule has 1 amide bonds. The maximum atomic E-state index is 14.1. The summed E-state index contributed by atoms with van der Waals surface area (Å²) in [4.78, 5) is 25.0. The highest BCUT2D eigenvalue weighted by Gasteiger charge is 2.24. The average Bonchev–Trinajstić information content (AvgIpc) is 3.07. The van der Waals surface area contributed by atoms with Crippen LogP contribution in [0, 0.1) is 22.9 Å². The van der Waals surface area contributed by atoms with Gasteiger partial charge in [0, 0.05) is 19.2 Å². The lowest BCUT2D eigenvalue weighted by molar-refractivity contribution is -0.384. The largest absolute Gasteiger partial charge is 0.335 e. The lowest BCUT2D eigenvalue weighted by Crippen LogP contribution is -2.30. The van der Waals surface area contributed by atoms with E-state index in [9.17, 15) is 19.3 Å². The van der Waals surface area contributed by atoms with E-state index in [2.05, 4.69) is 5.10 Å². The van der Waals surface area contributed by atoms with Crippen LogP contribution in [0.1, 0.15) is 34.6 Å². The molecule has 3 aromatic rings. The van der Waals surface area contributed by atoms with Gasteiger partial charge in [-0.3, -0.25) is 14.9 Å². The number of halogens is 1. The van der Waals surface area contributed by atoms with Crippen LogP contribution >= 0.6 is 0 Å². The van der Waals surface area contributed by atoms with Crippen molar-refractivity contribution in [3.8, 4) is 5.69 Å². The molecule has 1 heterocycles. The molecule has 28 heavy (non-hydrogen) atoms. The van der Waals surface area contributed by atoms with Crippen LogP contribution in [0.4, 0.5) is 10.1 Å². The van der Waals surface area contributed by atoms with Crippen LogP contribution in [0.2, 0.25) is 0 Å². The molecule has 3 rings (SSSR count). The third-order valence-electron chi connectivity index (χ3n) is 4.79. The van der Waals surface area contributed by atoms with Gasteiger partial charge in [0.2, 0.25) is 0 Å². The van der Waals surface area contributed by atoms with Crippen LogP contribution in [-0.4, -0.2) is 32.6 Å². The Labute approximate surface area is 161 Å². The summed E-state index contributed by atoms with van der Waals surface area (Å²) in [5.41, 5.74) is 1.71. The number of non-ortho nitro benzene ring substituents is 1. The van der Waals surface area contributed by atoms with Crippen molar-refractivity contribution in [1.29, 1.82) is 0 Å². The zero-order valence-corrected chi connectivity index (χ0v) is 15.7. The lowest BCUT2D eigenvalue weighted by Gasteiger charge is -2.25. The molecule has 0 aliphatic carbocycles. The Morgan fingerprint density at radius 2 is 1.96 bits per heavy atom. The maximum absolute atomic E-state index is 14.1. The molecule has 1 aromatic heterocycles. The predicted octanol–water partition coefficient (Wildman–Crippen LogP) is 4.06. The smallest absolute Gasteiger partial charge is 0.269 e. The Morgan fingerprint density at radius 3 is 2.64 bits per heavy atom. The van der Waals surface area contributed by atoms with Crippen LogP contribution in [-0.2, 0) is 0 Å². The Balaban J connectivity index is 1.89. The first-order valence-electron chi connectivity index (χ1n) is 8.62. The molecule has 0 aliphatic rings. The summed E-state index contributed by atoms with van der Waals surface area (Å²) in [5.74, 6) is -0.745. The van der Waals surface area contributed by atoms with Gasteiger partial charge in [0.25, 0.3) is 11.6 Å². The number of aromatic nitrogens is 2. The first-order chi connectivity index (χ1) is 13.3. The third kappa shape index (κ3) is 3.48. The summed E-state index contributed by atoms with van der Waals surface area (Å²) >= 11 is 0. The summed E-state index contributed by atoms with van der Waals surface area (Å²) < 4.78 is 15.4. The molecule has 8 heteroatoms. The number of hydrogen-bond donors (Lipinski definition) is 0. The van der Waals surface area contributed by atoms with Crippen molar-refractivity contribution >= 4 is 11.6 Å². The van der Waals surface area contributed by atoms with Gasteiger partial charge in [0.05, 0.1) is 28.4 Å². The van der Waals surface area contributed by atoms with E-state index in [0.29, 0.717) is 16.8 Å². The summed E-state index contributed by atoms with van der Waals surface area (Å²) in [6, 6.07) is 12.0. The Bertz CT molecular complexity index is 1050. The van der Waals surface area contributed by atoms with Crippen LogP contribution in [0.25, 0.3) is 5.69 Å². The maximum Gasteiger partial charge on any atom is 0.269 e. The van der Waals surface area contributed by atoms with Crippen molar-refractivity contribution in [1.82, 2.24) is 14.7 Å². The van der Waals surface area contributed by atoms with Gasteiger partial charge in [-0.05, 0) is 31.5 Å². The third-order valence-corrected chi connectivity index (χ3v) is 4.79. The van der Waals surface area contributed by atoms with E-state index in [0.717, 1.165) is 0 Å². The molecule has 7 nitrogen and oxygen atoms in total. The topological polar surface area (TPSA) is 81.3 Å². The van der Waals surface area contributed by atoms with Crippen LogP contribution in [0.5, 0.6) is 0 Å². The standard InChI is InChI=1S/C20H19FN4O3/c1-13(15-7-6-8-16(11-15)25(27)28)23(3)20(26)17-12-22-24(14(17)2)19-10-5-4-9-18(19)21/h4-13H,1-3H3. The van der Waals surface area contributed by atoms with E-state index >= 15 is 0 Å². The van der Waals surface area contributed by atoms with E-state index in [1.54, 1.807) is 51.2 Å². The molecule has 0 bridgehead atoms. The van der Waals surface area contributed by atoms with E-state index in [1.807, 2.05) is 0 Å². The first kappa shape index (κ1) is 19.2. The van der Waals surface area contributed by atoms with Crippen molar-refractivity contribution in [2.45, 2.75) is 19.9 Å². The van der Waals surface area contributed by atoms with Gasteiger partial charge in [-0.25, -0.2) is 9.07 Å². The summed E-state index contributed by atoms with van der Waals surface area (Å²) in [6.07, 6.45) is 1.40. The molecule has 0 saturated heterocycles. The number of carbonyl (C=O) groups excluding carboxylic acids is 1. The molecular formula is C20H19FN4O3. The monoisotopic (exact) mass is 382 g/mol. The predicted molar refractivity (Wildman–Crippen MR) is 102 cm³/mol. The van der Waals surface area contributed by atoms with Gasteiger partial charge in [-0.1, -0.05) is 24.3 Å². The SMILES string of the molecule is Cc1c(C(=O)N(C)C(C)c2cccc([N+](=O)[O-])c2)cnn1-c1ccccc1F. The highest BCUT2D eigenvalue weighted by molar-refractivity contribution is 5.95. The number of para-hydroxylation sites is 1. The second-order valence-corrected chi connectivity index (χ2v) is 6.45. The van der Waals surface area contributed by atoms with Crippen molar-refractivity contribution in [3.05, 3.63) is 87.5 Å². The minimum Gasteiger partial charge on any atom is -0.335 e. The summed E-state index contributed by atoms with van der Waals surface area (Å²) in [6.45, 7) is 3.48. The number of carbonyl (C=O) groups is 1. The van der Waals surface area contributed by atoms with Crippen LogP contribution in [0.15, 0.2) is 54.7 Å². The molecule has 1 unspecified atom stereocenters. The minimum atomic E-state index is -0.472. The van der Waals surface area contributed by atoms with Gasteiger partial charge in [0.15, 0.2) is 0 Å². The number of rotatable bonds is 5. The minimum absolute atomic E-state index is 0.0336. The van der Waals surface area contributed by atoms with Crippen LogP contribution < -0.4 is 0 Å². The number of amides is 1. The van der Waals surface area contributed by atoms with Gasteiger partial charge in [0.1, 0.15) is 11.5 Å². The number of nitro benzene ring substituents is 1. The molecule has 1 atom stereocenters. The molecule has 2 aromatic carbocycles. The van der Waals surface area contributed by atoms with Crippen LogP contribution in [0.3, 0.4) is 0 Å². The molecule has 0 fully saturated rings. The lowest BCUT2D eigenvalue weighted by atomic mass is 10.1. The summed E-state index contributed by atoms with van der Waals surface area (Å²) in [5, 5.41) is 15.2. The molecule has 0 spiro atoms. The van der Waals surface area contributed by atoms with Gasteiger partial charge < -0.3 is 4.90 Å². The Hall–Kier alpha value is -3.55. The highest BCUT2D eigenvalue weighted by Crippen LogP contribution is 2.25. The van der Waals surface area contributed by atoms with Gasteiger partial charge >= 0.3 is 0 Å². The number of benzene rings is 2. The fourth-order valence-electron chi connectivity index (χ4n) is 2.97. The number of nitro groups is 1. The van der Waals surface area contributed by atoms with Crippen molar-refractivity contribution in [2.75, 3.05) is 7.05 Å². The number of hydrogen-bond acceptors (Lipinski definition) is 4. The first-order valence-corrected chi connectivity index (χ1v) is 8.62. The second-order valence-electron chi connectivity index (χ2n) is 6.45. The summed E-state index contributed by atoms with van der Waals surface area (Å²) in [7, 11) is 1.62. The fraction of sp³-hybridized carbons (Fsp3) is 0.200. The Kier molecular flexibility index (Phi) is 5.21. The molecule has 0 N–H and O–H groups in total. The Morgan fingerprint density at radius 1 is 1.25 bits per heavy atom. The van der Waals surface area contributed by atoms with E-state index in [1.165, 1.54) is 34.0 Å². The normalized spacial score (nSPS) is 11.9. The number of nitrogens with zero attached hydrogens (tertiary/aromatic N) is 4. The van der Waals surface area contributed by atoms with E-state index in [-0.39, 0.29) is 17.3 Å². The van der Waals surface area contributed by atoms with Crippen molar-refractivity contribution in [3.63, 3.8) is 0 Å². The molecule has 0 radical (unpaired) electrons. The zero-order chi connectivity index (χ0) is 20.4. The van der Waals surface area contributed by atoms with Gasteiger partial charge in [-0.15, -0.1) is 0 Å². The second kappa shape index (κ2) is 7.59. The zero-order valence-electron chi connectivity index (χ0n) is 15.7. The quantitative estimate of drug-likeness (QED) is 0.492. The fourth-order valence-corrected chi connectivity index (χ4v) is 2.97.